The van der Waals surface area contributed by atoms with Crippen LogP contribution in [0, 0.1) is 0 Å². The van der Waals surface area contributed by atoms with Gasteiger partial charge in [0, 0.05) is 11.0 Å². The van der Waals surface area contributed by atoms with Gasteiger partial charge < -0.3 is 20.4 Å². The van der Waals surface area contributed by atoms with Crippen LogP contribution in [-0.4, -0.2) is 56.3 Å². The third-order valence-electron chi connectivity index (χ3n) is 2.00. The molecular formula is C7H14O4S. The molecule has 0 aromatic rings. The molecule has 0 aromatic carbocycles. The van der Waals surface area contributed by atoms with Gasteiger partial charge in [0.1, 0.15) is 6.10 Å². The molecule has 0 bridgehead atoms. The summed E-state index contributed by atoms with van der Waals surface area (Å²) in [5.41, 5.74) is 0. The largest absolute Gasteiger partial charge is 0.395 e. The molecule has 5 heteroatoms. The zero-order valence-electron chi connectivity index (χ0n) is 6.63. The lowest BCUT2D eigenvalue weighted by atomic mass is 10.1. The monoisotopic (exact) mass is 194 g/mol. The van der Waals surface area contributed by atoms with Gasteiger partial charge in [-0.2, -0.15) is 11.8 Å². The van der Waals surface area contributed by atoms with Crippen LogP contribution in [0.1, 0.15) is 6.42 Å². The summed E-state index contributed by atoms with van der Waals surface area (Å²) in [6.07, 6.45) is -2.55. The van der Waals surface area contributed by atoms with E-state index in [0.29, 0.717) is 12.2 Å². The minimum absolute atomic E-state index is 0.0266. The molecule has 72 valence electrons. The highest BCUT2D eigenvalue weighted by molar-refractivity contribution is 8.00. The second kappa shape index (κ2) is 4.43. The van der Waals surface area contributed by atoms with Gasteiger partial charge in [0.05, 0.1) is 18.8 Å². The molecule has 1 rings (SSSR count). The van der Waals surface area contributed by atoms with Gasteiger partial charge >= 0.3 is 0 Å². The van der Waals surface area contributed by atoms with Crippen molar-refractivity contribution in [2.45, 2.75) is 30.0 Å². The van der Waals surface area contributed by atoms with Crippen LogP contribution in [-0.2, 0) is 0 Å². The minimum Gasteiger partial charge on any atom is -0.395 e. The first-order valence-corrected chi connectivity index (χ1v) is 4.96. The SMILES string of the molecule is OC[C@H]1C[C@@H](O)[C@@H](O)[C@@H](O)CS1. The lowest BCUT2D eigenvalue weighted by Gasteiger charge is -2.18. The van der Waals surface area contributed by atoms with Gasteiger partial charge in [-0.05, 0) is 6.42 Å². The van der Waals surface area contributed by atoms with Crippen molar-refractivity contribution < 1.29 is 20.4 Å². The maximum absolute atomic E-state index is 9.30. The first-order valence-electron chi connectivity index (χ1n) is 3.91. The molecule has 1 aliphatic rings. The first-order chi connectivity index (χ1) is 5.65. The van der Waals surface area contributed by atoms with E-state index in [2.05, 4.69) is 0 Å². The molecule has 0 aliphatic carbocycles. The molecule has 0 unspecified atom stereocenters. The van der Waals surface area contributed by atoms with Crippen LogP contribution < -0.4 is 0 Å². The number of rotatable bonds is 1. The van der Waals surface area contributed by atoms with E-state index >= 15 is 0 Å². The van der Waals surface area contributed by atoms with E-state index in [1.165, 1.54) is 11.8 Å². The lowest BCUT2D eigenvalue weighted by molar-refractivity contribution is -0.0507. The summed E-state index contributed by atoms with van der Waals surface area (Å²) in [6, 6.07) is 0. The summed E-state index contributed by atoms with van der Waals surface area (Å²) >= 11 is 1.38. The van der Waals surface area contributed by atoms with Crippen molar-refractivity contribution in [3.05, 3.63) is 0 Å². The Morgan fingerprint density at radius 3 is 2.42 bits per heavy atom. The molecule has 4 nitrogen and oxygen atoms in total. The fourth-order valence-electron chi connectivity index (χ4n) is 1.19. The van der Waals surface area contributed by atoms with Crippen LogP contribution in [0.4, 0.5) is 0 Å². The summed E-state index contributed by atoms with van der Waals surface area (Å²) < 4.78 is 0. The van der Waals surface area contributed by atoms with Gasteiger partial charge in [-0.3, -0.25) is 0 Å². The van der Waals surface area contributed by atoms with Gasteiger partial charge in [0.15, 0.2) is 0 Å². The number of aliphatic hydroxyl groups excluding tert-OH is 4. The molecule has 0 amide bonds. The Hall–Kier alpha value is 0.190. The zero-order valence-corrected chi connectivity index (χ0v) is 7.44. The lowest BCUT2D eigenvalue weighted by Crippen LogP contribution is -2.37. The van der Waals surface area contributed by atoms with Crippen molar-refractivity contribution in [3.63, 3.8) is 0 Å². The molecule has 4 atom stereocenters. The second-order valence-electron chi connectivity index (χ2n) is 3.00. The average Bonchev–Trinajstić information content (AvgIpc) is 2.19. The van der Waals surface area contributed by atoms with Crippen LogP contribution in [0.25, 0.3) is 0 Å². The van der Waals surface area contributed by atoms with Gasteiger partial charge in [-0.15, -0.1) is 0 Å². The van der Waals surface area contributed by atoms with Crippen LogP contribution in [0.5, 0.6) is 0 Å². The van der Waals surface area contributed by atoms with Crippen molar-refractivity contribution in [1.82, 2.24) is 0 Å². The summed E-state index contributed by atoms with van der Waals surface area (Å²) in [7, 11) is 0. The van der Waals surface area contributed by atoms with Gasteiger partial charge in [-0.25, -0.2) is 0 Å². The first kappa shape index (κ1) is 10.3. The fraction of sp³-hybridized carbons (Fsp3) is 1.00. The van der Waals surface area contributed by atoms with Crippen molar-refractivity contribution in [2.24, 2.45) is 0 Å². The highest BCUT2D eigenvalue weighted by atomic mass is 32.2. The van der Waals surface area contributed by atoms with Gasteiger partial charge in [0.2, 0.25) is 0 Å². The topological polar surface area (TPSA) is 80.9 Å². The van der Waals surface area contributed by atoms with Crippen molar-refractivity contribution in [1.29, 1.82) is 0 Å². The predicted octanol–water partition coefficient (Wildman–Crippen LogP) is -1.43. The molecule has 1 saturated heterocycles. The Labute approximate surface area is 75.2 Å². The molecule has 0 aromatic heterocycles. The van der Waals surface area contributed by atoms with Crippen molar-refractivity contribution in [3.8, 4) is 0 Å². The maximum Gasteiger partial charge on any atom is 0.107 e. The molecule has 0 radical (unpaired) electrons. The maximum atomic E-state index is 9.30. The van der Waals surface area contributed by atoms with Crippen LogP contribution in [0.3, 0.4) is 0 Å². The van der Waals surface area contributed by atoms with Crippen LogP contribution >= 0.6 is 11.8 Å². The normalized spacial score (nSPS) is 44.0. The van der Waals surface area contributed by atoms with E-state index < -0.39 is 18.3 Å². The predicted molar refractivity (Wildman–Crippen MR) is 46.0 cm³/mol. The van der Waals surface area contributed by atoms with Gasteiger partial charge in [-0.1, -0.05) is 0 Å². The smallest absolute Gasteiger partial charge is 0.107 e. The molecule has 1 heterocycles. The van der Waals surface area contributed by atoms with E-state index in [0.717, 1.165) is 0 Å². The van der Waals surface area contributed by atoms with Crippen molar-refractivity contribution >= 4 is 11.8 Å². The molecular weight excluding hydrogens is 180 g/mol. The highest BCUT2D eigenvalue weighted by Crippen LogP contribution is 2.24. The molecule has 0 spiro atoms. The van der Waals surface area contributed by atoms with Crippen molar-refractivity contribution in [2.75, 3.05) is 12.4 Å². The Kier molecular flexibility index (Phi) is 3.79. The number of aliphatic hydroxyl groups is 4. The van der Waals surface area contributed by atoms with Crippen LogP contribution in [0.2, 0.25) is 0 Å². The van der Waals surface area contributed by atoms with E-state index in [-0.39, 0.29) is 11.9 Å². The van der Waals surface area contributed by atoms with E-state index in [4.69, 9.17) is 5.11 Å². The summed E-state index contributed by atoms with van der Waals surface area (Å²) in [5.74, 6) is 0.365. The minimum atomic E-state index is -1.07. The standard InChI is InChI=1S/C7H14O4S/c8-2-4-1-5(9)7(11)6(10)3-12-4/h4-11H,1-3H2/t4-,5-,6+,7-/m1/s1. The second-order valence-corrected chi connectivity index (χ2v) is 4.33. The zero-order chi connectivity index (χ0) is 9.14. The van der Waals surface area contributed by atoms with E-state index in [1.54, 1.807) is 0 Å². The van der Waals surface area contributed by atoms with Crippen LogP contribution in [0.15, 0.2) is 0 Å². The van der Waals surface area contributed by atoms with E-state index in [1.807, 2.05) is 0 Å². The summed E-state index contributed by atoms with van der Waals surface area (Å²) in [4.78, 5) is 0. The molecule has 12 heavy (non-hydrogen) atoms. The third kappa shape index (κ3) is 2.34. The Balaban J connectivity index is 2.53. The highest BCUT2D eigenvalue weighted by Gasteiger charge is 2.31. The number of hydrogen-bond donors (Lipinski definition) is 4. The Bertz CT molecular complexity index is 143. The fourth-order valence-corrected chi connectivity index (χ4v) is 2.30. The Morgan fingerprint density at radius 1 is 1.17 bits per heavy atom. The average molecular weight is 194 g/mol. The quantitative estimate of drug-likeness (QED) is 0.411. The number of thioether (sulfide) groups is 1. The molecule has 0 saturated carbocycles. The summed E-state index contributed by atoms with van der Waals surface area (Å²) in [5, 5.41) is 36.5. The Morgan fingerprint density at radius 2 is 1.83 bits per heavy atom. The third-order valence-corrected chi connectivity index (χ3v) is 3.35. The molecule has 4 N–H and O–H groups in total. The van der Waals surface area contributed by atoms with Gasteiger partial charge in [0.25, 0.3) is 0 Å². The summed E-state index contributed by atoms with van der Waals surface area (Å²) in [6.45, 7) is -0.0266. The van der Waals surface area contributed by atoms with E-state index in [9.17, 15) is 15.3 Å². The number of hydrogen-bond acceptors (Lipinski definition) is 5. The molecule has 1 fully saturated rings. The molecule has 1 aliphatic heterocycles.